The number of hydrogen-bond acceptors (Lipinski definition) is 4. The summed E-state index contributed by atoms with van der Waals surface area (Å²) in [5, 5.41) is 29.7. The minimum absolute atomic E-state index is 0.0665. The van der Waals surface area contributed by atoms with E-state index in [1.165, 1.54) is 6.07 Å². The molecule has 1 rings (SSSR count). The predicted molar refractivity (Wildman–Crippen MR) is 70.4 cm³/mol. The molecule has 0 aromatic heterocycles. The first-order chi connectivity index (χ1) is 7.95. The molecule has 94 valence electrons. The Hall–Kier alpha value is -0.630. The van der Waals surface area contributed by atoms with Gasteiger partial charge >= 0.3 is 5.97 Å². The van der Waals surface area contributed by atoms with Crippen molar-refractivity contribution in [1.82, 2.24) is 0 Å². The summed E-state index contributed by atoms with van der Waals surface area (Å²) in [7, 11) is 0. The summed E-state index contributed by atoms with van der Waals surface area (Å²) in [6, 6.07) is 3.15. The topological polar surface area (TPSA) is 89.8 Å². The lowest BCUT2D eigenvalue weighted by Crippen LogP contribution is -2.24. The van der Waals surface area contributed by atoms with Crippen LogP contribution in [0.3, 0.4) is 0 Å². The average molecular weight is 369 g/mol. The van der Waals surface area contributed by atoms with E-state index in [1.807, 2.05) is 0 Å². The van der Waals surface area contributed by atoms with Gasteiger partial charge in [-0.05, 0) is 28.1 Å². The van der Waals surface area contributed by atoms with Gasteiger partial charge in [0.05, 0.1) is 24.0 Å². The number of hydrogen-bond donors (Lipinski definition) is 4. The second-order valence-electron chi connectivity index (χ2n) is 3.33. The highest BCUT2D eigenvalue weighted by Crippen LogP contribution is 2.30. The molecule has 0 fully saturated rings. The first-order valence-electron chi connectivity index (χ1n) is 4.70. The molecular formula is C10H11Br2NO4. The summed E-state index contributed by atoms with van der Waals surface area (Å²) in [5.41, 5.74) is 0.449. The number of rotatable bonds is 5. The number of carboxylic acid groups (broad SMARTS) is 1. The van der Waals surface area contributed by atoms with Crippen molar-refractivity contribution in [3.8, 4) is 0 Å². The van der Waals surface area contributed by atoms with Gasteiger partial charge in [-0.25, -0.2) is 4.79 Å². The lowest BCUT2D eigenvalue weighted by molar-refractivity contribution is 0.0697. The predicted octanol–water partition coefficient (Wildman–Crippen LogP) is 1.67. The van der Waals surface area contributed by atoms with E-state index < -0.39 is 12.1 Å². The molecule has 1 aromatic carbocycles. The Bertz CT molecular complexity index is 425. The molecule has 0 heterocycles. The van der Waals surface area contributed by atoms with E-state index >= 15 is 0 Å². The number of carbonyl (C=O) groups is 1. The van der Waals surface area contributed by atoms with Gasteiger partial charge in [0.1, 0.15) is 0 Å². The van der Waals surface area contributed by atoms with E-state index in [2.05, 4.69) is 37.2 Å². The Morgan fingerprint density at radius 2 is 2.06 bits per heavy atom. The van der Waals surface area contributed by atoms with E-state index in [4.69, 9.17) is 10.2 Å². The number of aliphatic hydroxyl groups is 2. The number of benzene rings is 1. The monoisotopic (exact) mass is 367 g/mol. The SMILES string of the molecule is O=C(O)c1cc(Br)cc(Br)c1NCC(O)CO. The van der Waals surface area contributed by atoms with Crippen LogP contribution >= 0.6 is 31.9 Å². The summed E-state index contributed by atoms with van der Waals surface area (Å²) in [4.78, 5) is 11.0. The molecule has 0 aliphatic heterocycles. The van der Waals surface area contributed by atoms with Crippen molar-refractivity contribution < 1.29 is 20.1 Å². The van der Waals surface area contributed by atoms with Crippen LogP contribution in [0.25, 0.3) is 0 Å². The van der Waals surface area contributed by atoms with Gasteiger partial charge in [0, 0.05) is 15.5 Å². The molecule has 0 radical (unpaired) electrons. The van der Waals surface area contributed by atoms with Crippen molar-refractivity contribution in [2.45, 2.75) is 6.10 Å². The number of aromatic carboxylic acids is 1. The third-order valence-electron chi connectivity index (χ3n) is 2.01. The molecule has 1 atom stereocenters. The second-order valence-corrected chi connectivity index (χ2v) is 5.10. The van der Waals surface area contributed by atoms with Gasteiger partial charge in [-0.1, -0.05) is 15.9 Å². The molecule has 4 N–H and O–H groups in total. The van der Waals surface area contributed by atoms with E-state index in [-0.39, 0.29) is 18.7 Å². The molecule has 0 aliphatic rings. The Labute approximate surface area is 115 Å². The molecule has 1 aromatic rings. The van der Waals surface area contributed by atoms with Gasteiger partial charge in [-0.15, -0.1) is 0 Å². The lowest BCUT2D eigenvalue weighted by Gasteiger charge is -2.14. The maximum atomic E-state index is 11.0. The molecule has 7 heteroatoms. The second kappa shape index (κ2) is 6.34. The molecule has 0 bridgehead atoms. The highest BCUT2D eigenvalue weighted by atomic mass is 79.9. The van der Waals surface area contributed by atoms with Gasteiger partial charge in [0.2, 0.25) is 0 Å². The number of carboxylic acids is 1. The van der Waals surface area contributed by atoms with Gasteiger partial charge in [0.25, 0.3) is 0 Å². The molecule has 5 nitrogen and oxygen atoms in total. The van der Waals surface area contributed by atoms with Gasteiger partial charge in [-0.3, -0.25) is 0 Å². The molecule has 1 unspecified atom stereocenters. The fourth-order valence-corrected chi connectivity index (χ4v) is 2.57. The summed E-state index contributed by atoms with van der Waals surface area (Å²) in [5.74, 6) is -1.08. The molecular weight excluding hydrogens is 358 g/mol. The summed E-state index contributed by atoms with van der Waals surface area (Å²) < 4.78 is 1.20. The third-order valence-corrected chi connectivity index (χ3v) is 3.09. The molecule has 17 heavy (non-hydrogen) atoms. The number of nitrogens with one attached hydrogen (secondary N) is 1. The fourth-order valence-electron chi connectivity index (χ4n) is 1.21. The van der Waals surface area contributed by atoms with Gasteiger partial charge in [-0.2, -0.15) is 0 Å². The van der Waals surface area contributed by atoms with E-state index in [0.29, 0.717) is 14.6 Å². The van der Waals surface area contributed by atoms with Crippen LogP contribution in [0.15, 0.2) is 21.1 Å². The molecule has 0 amide bonds. The average Bonchev–Trinajstić information content (AvgIpc) is 2.26. The van der Waals surface area contributed by atoms with Crippen molar-refractivity contribution in [1.29, 1.82) is 0 Å². The van der Waals surface area contributed by atoms with Crippen LogP contribution in [0.1, 0.15) is 10.4 Å². The Morgan fingerprint density at radius 3 is 2.59 bits per heavy atom. The van der Waals surface area contributed by atoms with Gasteiger partial charge in [0.15, 0.2) is 0 Å². The van der Waals surface area contributed by atoms with Crippen LogP contribution < -0.4 is 5.32 Å². The number of anilines is 1. The number of aliphatic hydroxyl groups excluding tert-OH is 2. The maximum absolute atomic E-state index is 11.0. The van der Waals surface area contributed by atoms with Crippen LogP contribution in [0.2, 0.25) is 0 Å². The maximum Gasteiger partial charge on any atom is 0.337 e. The quantitative estimate of drug-likeness (QED) is 0.634. The normalized spacial score (nSPS) is 12.2. The van der Waals surface area contributed by atoms with Crippen LogP contribution in [0.4, 0.5) is 5.69 Å². The summed E-state index contributed by atoms with van der Waals surface area (Å²) in [6.07, 6.45) is -0.938. The van der Waals surface area contributed by atoms with Crippen LogP contribution in [-0.4, -0.2) is 40.5 Å². The lowest BCUT2D eigenvalue weighted by atomic mass is 10.1. The van der Waals surface area contributed by atoms with Gasteiger partial charge < -0.3 is 20.6 Å². The van der Waals surface area contributed by atoms with Crippen molar-refractivity contribution in [3.63, 3.8) is 0 Å². The third kappa shape index (κ3) is 3.95. The van der Waals surface area contributed by atoms with E-state index in [1.54, 1.807) is 6.07 Å². The van der Waals surface area contributed by atoms with Crippen LogP contribution in [0, 0.1) is 0 Å². The highest BCUT2D eigenvalue weighted by molar-refractivity contribution is 9.11. The Morgan fingerprint density at radius 1 is 1.41 bits per heavy atom. The molecule has 0 spiro atoms. The van der Waals surface area contributed by atoms with Crippen molar-refractivity contribution in [2.24, 2.45) is 0 Å². The minimum Gasteiger partial charge on any atom is -0.478 e. The minimum atomic E-state index is -1.08. The largest absolute Gasteiger partial charge is 0.478 e. The summed E-state index contributed by atoms with van der Waals surface area (Å²) in [6.45, 7) is -0.319. The Kier molecular flexibility index (Phi) is 5.38. The highest BCUT2D eigenvalue weighted by Gasteiger charge is 2.15. The van der Waals surface area contributed by atoms with E-state index in [0.717, 1.165) is 0 Å². The molecule has 0 saturated carbocycles. The molecule has 0 aliphatic carbocycles. The van der Waals surface area contributed by atoms with Crippen molar-refractivity contribution in [2.75, 3.05) is 18.5 Å². The van der Waals surface area contributed by atoms with Crippen molar-refractivity contribution in [3.05, 3.63) is 26.6 Å². The van der Waals surface area contributed by atoms with E-state index in [9.17, 15) is 9.90 Å². The van der Waals surface area contributed by atoms with Crippen molar-refractivity contribution >= 4 is 43.5 Å². The van der Waals surface area contributed by atoms with Crippen LogP contribution in [0.5, 0.6) is 0 Å². The Balaban J connectivity index is 3.00. The molecule has 0 saturated heterocycles. The zero-order chi connectivity index (χ0) is 13.0. The summed E-state index contributed by atoms with van der Waals surface area (Å²) >= 11 is 6.44. The zero-order valence-corrected chi connectivity index (χ0v) is 11.8. The first-order valence-corrected chi connectivity index (χ1v) is 6.29. The standard InChI is InChI=1S/C10H11Br2NO4/c11-5-1-7(10(16)17)9(8(12)2-5)13-3-6(15)4-14/h1-2,6,13-15H,3-4H2,(H,16,17). The first kappa shape index (κ1) is 14.4. The number of halogens is 2. The zero-order valence-electron chi connectivity index (χ0n) is 8.65. The smallest absolute Gasteiger partial charge is 0.337 e. The fraction of sp³-hybridized carbons (Fsp3) is 0.300. The van der Waals surface area contributed by atoms with Crippen LogP contribution in [-0.2, 0) is 0 Å².